The number of hydrogen-bond donors (Lipinski definition) is 0. The SMILES string of the molecule is CCC(C(=O)OCC(C)(C)C)(C(C)C)C(CC)(C(=O)OCC(C)(C)C)C(C)C. The number of esters is 2. The van der Waals surface area contributed by atoms with Gasteiger partial charge in [0.1, 0.15) is 0 Å². The molecule has 0 spiro atoms. The molecule has 0 aliphatic carbocycles. The van der Waals surface area contributed by atoms with Gasteiger partial charge in [-0.15, -0.1) is 0 Å². The van der Waals surface area contributed by atoms with E-state index in [1.807, 2.05) is 83.1 Å². The highest BCUT2D eigenvalue weighted by Gasteiger charge is 2.63. The monoisotopic (exact) mass is 398 g/mol. The summed E-state index contributed by atoms with van der Waals surface area (Å²) < 4.78 is 11.7. The van der Waals surface area contributed by atoms with E-state index in [-0.39, 0.29) is 34.6 Å². The van der Waals surface area contributed by atoms with Gasteiger partial charge in [-0.25, -0.2) is 0 Å². The molecule has 0 saturated carbocycles. The quantitative estimate of drug-likeness (QED) is 0.429. The first-order chi connectivity index (χ1) is 12.5. The zero-order valence-corrected chi connectivity index (χ0v) is 20.6. The molecule has 0 heterocycles. The topological polar surface area (TPSA) is 52.6 Å². The minimum atomic E-state index is -0.934. The van der Waals surface area contributed by atoms with E-state index in [4.69, 9.17) is 9.47 Å². The Hall–Kier alpha value is -1.06. The Morgan fingerprint density at radius 3 is 1.04 bits per heavy atom. The summed E-state index contributed by atoms with van der Waals surface area (Å²) in [6, 6.07) is 0. The molecule has 0 aliphatic rings. The largest absolute Gasteiger partial charge is 0.465 e. The van der Waals surface area contributed by atoms with Crippen LogP contribution in [0, 0.1) is 33.5 Å². The molecule has 0 aromatic rings. The fourth-order valence-corrected chi connectivity index (χ4v) is 4.42. The van der Waals surface area contributed by atoms with Gasteiger partial charge in [-0.1, -0.05) is 83.1 Å². The Balaban J connectivity index is 6.36. The van der Waals surface area contributed by atoms with Crippen LogP contribution in [-0.2, 0) is 19.1 Å². The van der Waals surface area contributed by atoms with Crippen LogP contribution in [0.3, 0.4) is 0 Å². The van der Waals surface area contributed by atoms with Gasteiger partial charge < -0.3 is 9.47 Å². The lowest BCUT2D eigenvalue weighted by Crippen LogP contribution is -2.59. The molecule has 0 fully saturated rings. The van der Waals surface area contributed by atoms with Crippen molar-refractivity contribution in [2.24, 2.45) is 33.5 Å². The number of ether oxygens (including phenoxy) is 2. The Kier molecular flexibility index (Phi) is 9.26. The molecule has 4 heteroatoms. The molecule has 0 aromatic heterocycles. The maximum atomic E-state index is 13.6. The molecule has 2 unspecified atom stereocenters. The average Bonchev–Trinajstić information content (AvgIpc) is 2.53. The number of carbonyl (C=O) groups excluding carboxylic acids is 2. The van der Waals surface area contributed by atoms with Gasteiger partial charge in [0.05, 0.1) is 24.0 Å². The molecule has 0 rings (SSSR count). The van der Waals surface area contributed by atoms with Crippen LogP contribution in [-0.4, -0.2) is 25.2 Å². The predicted octanol–water partition coefficient (Wildman–Crippen LogP) is 6.27. The molecule has 28 heavy (non-hydrogen) atoms. The summed E-state index contributed by atoms with van der Waals surface area (Å²) in [5.41, 5.74) is -2.14. The van der Waals surface area contributed by atoms with Gasteiger partial charge in [0.25, 0.3) is 0 Å². The Morgan fingerprint density at radius 1 is 0.643 bits per heavy atom. The van der Waals surface area contributed by atoms with Crippen LogP contribution in [0.4, 0.5) is 0 Å². The van der Waals surface area contributed by atoms with Crippen molar-refractivity contribution in [1.29, 1.82) is 0 Å². The third-order valence-electron chi connectivity index (χ3n) is 5.88. The van der Waals surface area contributed by atoms with E-state index < -0.39 is 10.8 Å². The molecular weight excluding hydrogens is 352 g/mol. The molecule has 2 atom stereocenters. The summed E-state index contributed by atoms with van der Waals surface area (Å²) in [5.74, 6) is -0.671. The van der Waals surface area contributed by atoms with Crippen LogP contribution in [0.1, 0.15) is 95.9 Å². The van der Waals surface area contributed by atoms with E-state index in [0.717, 1.165) is 0 Å². The molecule has 4 nitrogen and oxygen atoms in total. The number of hydrogen-bond acceptors (Lipinski definition) is 4. The highest BCUT2D eigenvalue weighted by atomic mass is 16.5. The molecule has 0 amide bonds. The second-order valence-corrected chi connectivity index (χ2v) is 11.2. The molecule has 166 valence electrons. The van der Waals surface area contributed by atoms with Crippen LogP contribution in [0.15, 0.2) is 0 Å². The maximum absolute atomic E-state index is 13.6. The van der Waals surface area contributed by atoms with E-state index in [2.05, 4.69) is 0 Å². The minimum absolute atomic E-state index is 0.0606. The third kappa shape index (κ3) is 5.73. The minimum Gasteiger partial charge on any atom is -0.465 e. The van der Waals surface area contributed by atoms with Crippen molar-refractivity contribution < 1.29 is 19.1 Å². The fraction of sp³-hybridized carbons (Fsp3) is 0.917. The predicted molar refractivity (Wildman–Crippen MR) is 116 cm³/mol. The summed E-state index contributed by atoms with van der Waals surface area (Å²) in [6.07, 6.45) is 1.06. The lowest BCUT2D eigenvalue weighted by molar-refractivity contribution is -0.197. The summed E-state index contributed by atoms with van der Waals surface area (Å²) >= 11 is 0. The zero-order valence-electron chi connectivity index (χ0n) is 20.6. The second kappa shape index (κ2) is 9.63. The summed E-state index contributed by atoms with van der Waals surface area (Å²) in [6.45, 7) is 24.9. The maximum Gasteiger partial charge on any atom is 0.313 e. The van der Waals surface area contributed by atoms with Crippen molar-refractivity contribution in [3.8, 4) is 0 Å². The van der Waals surface area contributed by atoms with Gasteiger partial charge >= 0.3 is 11.9 Å². The van der Waals surface area contributed by atoms with E-state index in [9.17, 15) is 9.59 Å². The van der Waals surface area contributed by atoms with Gasteiger partial charge in [-0.05, 0) is 35.5 Å². The molecule has 0 bridgehead atoms. The van der Waals surface area contributed by atoms with Crippen molar-refractivity contribution in [3.05, 3.63) is 0 Å². The van der Waals surface area contributed by atoms with E-state index in [1.165, 1.54) is 0 Å². The lowest BCUT2D eigenvalue weighted by Gasteiger charge is -2.51. The Labute approximate surface area is 174 Å². The average molecular weight is 399 g/mol. The van der Waals surface area contributed by atoms with Crippen molar-refractivity contribution in [2.45, 2.75) is 95.9 Å². The standard InChI is InChI=1S/C24H46O4/c1-13-23(17(3)4,19(25)27-15-21(7,8)9)24(14-2,18(5)6)20(26)28-16-22(10,11)12/h17-18H,13-16H2,1-12H3. The molecular formula is C24H46O4. The summed E-state index contributed by atoms with van der Waals surface area (Å²) in [4.78, 5) is 27.1. The molecule has 0 N–H and O–H groups in total. The first kappa shape index (κ1) is 26.9. The van der Waals surface area contributed by atoms with Gasteiger partial charge in [0, 0.05) is 0 Å². The molecule has 0 radical (unpaired) electrons. The van der Waals surface area contributed by atoms with Crippen LogP contribution in [0.5, 0.6) is 0 Å². The van der Waals surface area contributed by atoms with Crippen LogP contribution < -0.4 is 0 Å². The second-order valence-electron chi connectivity index (χ2n) is 11.2. The molecule has 0 aromatic carbocycles. The Morgan fingerprint density at radius 2 is 0.893 bits per heavy atom. The smallest absolute Gasteiger partial charge is 0.313 e. The highest BCUT2D eigenvalue weighted by Crippen LogP contribution is 2.56. The zero-order chi connectivity index (χ0) is 22.6. The van der Waals surface area contributed by atoms with Crippen molar-refractivity contribution in [2.75, 3.05) is 13.2 Å². The number of rotatable bonds is 9. The van der Waals surface area contributed by atoms with E-state index in [1.54, 1.807) is 0 Å². The molecule has 0 aliphatic heterocycles. The van der Waals surface area contributed by atoms with Gasteiger partial charge in [-0.3, -0.25) is 9.59 Å². The van der Waals surface area contributed by atoms with Crippen molar-refractivity contribution in [3.63, 3.8) is 0 Å². The normalized spacial score (nSPS) is 17.2. The van der Waals surface area contributed by atoms with Crippen LogP contribution in [0.25, 0.3) is 0 Å². The Bertz CT molecular complexity index is 474. The van der Waals surface area contributed by atoms with E-state index >= 15 is 0 Å². The molecule has 0 saturated heterocycles. The first-order valence-electron chi connectivity index (χ1n) is 10.9. The lowest BCUT2D eigenvalue weighted by atomic mass is 9.51. The highest BCUT2D eigenvalue weighted by molar-refractivity contribution is 5.89. The van der Waals surface area contributed by atoms with Crippen molar-refractivity contribution >= 4 is 11.9 Å². The summed E-state index contributed by atoms with van der Waals surface area (Å²) in [7, 11) is 0. The fourth-order valence-electron chi connectivity index (χ4n) is 4.42. The summed E-state index contributed by atoms with van der Waals surface area (Å²) in [5, 5.41) is 0. The van der Waals surface area contributed by atoms with Gasteiger partial charge in [0.2, 0.25) is 0 Å². The van der Waals surface area contributed by atoms with Crippen LogP contribution >= 0.6 is 0 Å². The third-order valence-corrected chi connectivity index (χ3v) is 5.88. The first-order valence-corrected chi connectivity index (χ1v) is 10.9. The van der Waals surface area contributed by atoms with Crippen LogP contribution in [0.2, 0.25) is 0 Å². The van der Waals surface area contributed by atoms with E-state index in [0.29, 0.717) is 26.1 Å². The van der Waals surface area contributed by atoms with Gasteiger partial charge in [0.15, 0.2) is 0 Å². The van der Waals surface area contributed by atoms with Gasteiger partial charge in [-0.2, -0.15) is 0 Å². The van der Waals surface area contributed by atoms with Crippen molar-refractivity contribution in [1.82, 2.24) is 0 Å². The number of carbonyl (C=O) groups is 2.